The van der Waals surface area contributed by atoms with Gasteiger partial charge in [0.15, 0.2) is 0 Å². The van der Waals surface area contributed by atoms with E-state index in [9.17, 15) is 0 Å². The number of hydrogen-bond acceptors (Lipinski definition) is 4. The van der Waals surface area contributed by atoms with E-state index >= 15 is 0 Å². The second-order valence-electron chi connectivity index (χ2n) is 6.30. The fourth-order valence-corrected chi connectivity index (χ4v) is 2.46. The van der Waals surface area contributed by atoms with E-state index in [2.05, 4.69) is 44.8 Å². The molecule has 0 rings (SSSR count). The fraction of sp³-hybridized carbons (Fsp3) is 1.00. The van der Waals surface area contributed by atoms with Crippen molar-refractivity contribution in [2.24, 2.45) is 11.8 Å². The van der Waals surface area contributed by atoms with Gasteiger partial charge in [0.2, 0.25) is 0 Å². The van der Waals surface area contributed by atoms with Gasteiger partial charge in [0.25, 0.3) is 0 Å². The minimum absolute atomic E-state index is 0.415. The highest BCUT2D eigenvalue weighted by Crippen LogP contribution is 2.14. The van der Waals surface area contributed by atoms with Gasteiger partial charge in [-0.1, -0.05) is 20.8 Å². The normalized spacial score (nSPS) is 16.6. The summed E-state index contributed by atoms with van der Waals surface area (Å²) >= 11 is 0. The fourth-order valence-electron chi connectivity index (χ4n) is 2.46. The van der Waals surface area contributed by atoms with Gasteiger partial charge in [-0.15, -0.1) is 0 Å². The summed E-state index contributed by atoms with van der Waals surface area (Å²) in [6, 6.07) is 0.924. The predicted molar refractivity (Wildman–Crippen MR) is 86.3 cm³/mol. The zero-order valence-corrected chi connectivity index (χ0v) is 14.6. The molecule has 20 heavy (non-hydrogen) atoms. The maximum atomic E-state index is 5.31. The summed E-state index contributed by atoms with van der Waals surface area (Å²) in [4.78, 5) is 2.49. The van der Waals surface area contributed by atoms with E-state index in [-0.39, 0.29) is 0 Å². The third kappa shape index (κ3) is 8.20. The van der Waals surface area contributed by atoms with Crippen LogP contribution in [0.25, 0.3) is 0 Å². The number of nitrogens with zero attached hydrogens (tertiary/aromatic N) is 1. The van der Waals surface area contributed by atoms with E-state index < -0.39 is 0 Å². The number of ether oxygens (including phenoxy) is 2. The van der Waals surface area contributed by atoms with Crippen LogP contribution in [0.15, 0.2) is 0 Å². The molecule has 0 aliphatic heterocycles. The molecule has 0 aromatic heterocycles. The largest absolute Gasteiger partial charge is 0.383 e. The molecule has 0 spiro atoms. The Labute approximate surface area is 126 Å². The molecule has 1 N–H and O–H groups in total. The monoisotopic (exact) mass is 288 g/mol. The lowest BCUT2D eigenvalue weighted by Crippen LogP contribution is -2.48. The van der Waals surface area contributed by atoms with Gasteiger partial charge in [0.05, 0.1) is 13.2 Å². The minimum Gasteiger partial charge on any atom is -0.383 e. The standard InChI is InChI=1S/C16H36N2O2/c1-13(2)10-17-11-14(3)16(5)18(8-9-19-6)15(4)12-20-7/h13-17H,8-12H2,1-7H3. The quantitative estimate of drug-likeness (QED) is 0.597. The average Bonchev–Trinajstić information content (AvgIpc) is 2.38. The molecule has 3 unspecified atom stereocenters. The third-order valence-electron chi connectivity index (χ3n) is 3.89. The summed E-state index contributed by atoms with van der Waals surface area (Å²) < 4.78 is 10.6. The Bertz CT molecular complexity index is 225. The molecule has 0 radical (unpaired) electrons. The summed E-state index contributed by atoms with van der Waals surface area (Å²) in [7, 11) is 3.53. The van der Waals surface area contributed by atoms with E-state index in [1.807, 2.05) is 0 Å². The number of rotatable bonds is 12. The molecule has 0 saturated carbocycles. The zero-order chi connectivity index (χ0) is 15.5. The van der Waals surface area contributed by atoms with Crippen LogP contribution in [-0.4, -0.2) is 64.1 Å². The molecule has 0 amide bonds. The first-order valence-electron chi connectivity index (χ1n) is 7.88. The van der Waals surface area contributed by atoms with Gasteiger partial charge in [-0.05, 0) is 38.8 Å². The first-order chi connectivity index (χ1) is 9.43. The van der Waals surface area contributed by atoms with Crippen molar-refractivity contribution in [1.82, 2.24) is 10.2 Å². The lowest BCUT2D eigenvalue weighted by molar-refractivity contribution is 0.0361. The molecule has 0 aliphatic rings. The Morgan fingerprint density at radius 1 is 0.950 bits per heavy atom. The zero-order valence-electron chi connectivity index (χ0n) is 14.6. The molecule has 122 valence electrons. The number of hydrogen-bond donors (Lipinski definition) is 1. The van der Waals surface area contributed by atoms with Crippen LogP contribution in [-0.2, 0) is 9.47 Å². The highest BCUT2D eigenvalue weighted by molar-refractivity contribution is 4.79. The molecule has 0 heterocycles. The highest BCUT2D eigenvalue weighted by atomic mass is 16.5. The van der Waals surface area contributed by atoms with Gasteiger partial charge < -0.3 is 14.8 Å². The maximum Gasteiger partial charge on any atom is 0.0615 e. The second kappa shape index (κ2) is 11.5. The minimum atomic E-state index is 0.415. The van der Waals surface area contributed by atoms with Crippen molar-refractivity contribution in [2.45, 2.75) is 46.7 Å². The van der Waals surface area contributed by atoms with Crippen molar-refractivity contribution in [2.75, 3.05) is 47.1 Å². The Hall–Kier alpha value is -0.160. The van der Waals surface area contributed by atoms with Gasteiger partial charge in [0.1, 0.15) is 0 Å². The molecule has 0 bridgehead atoms. The van der Waals surface area contributed by atoms with E-state index in [1.54, 1.807) is 14.2 Å². The second-order valence-corrected chi connectivity index (χ2v) is 6.30. The molecule has 0 fully saturated rings. The predicted octanol–water partition coefficient (Wildman–Crippen LogP) is 2.24. The van der Waals surface area contributed by atoms with Crippen molar-refractivity contribution >= 4 is 0 Å². The third-order valence-corrected chi connectivity index (χ3v) is 3.89. The maximum absolute atomic E-state index is 5.31. The van der Waals surface area contributed by atoms with Crippen LogP contribution in [0, 0.1) is 11.8 Å². The first-order valence-corrected chi connectivity index (χ1v) is 7.88. The summed E-state index contributed by atoms with van der Waals surface area (Å²) in [6.45, 7) is 16.0. The molecule has 0 aliphatic carbocycles. The van der Waals surface area contributed by atoms with Gasteiger partial charge >= 0.3 is 0 Å². The average molecular weight is 288 g/mol. The lowest BCUT2D eigenvalue weighted by atomic mass is 10.00. The molecule has 3 atom stereocenters. The number of nitrogens with one attached hydrogen (secondary N) is 1. The molecular weight excluding hydrogens is 252 g/mol. The lowest BCUT2D eigenvalue weighted by Gasteiger charge is -2.37. The SMILES string of the molecule is COCCN(C(C)COC)C(C)C(C)CNCC(C)C. The van der Waals surface area contributed by atoms with E-state index in [0.717, 1.165) is 32.8 Å². The summed E-state index contributed by atoms with van der Waals surface area (Å²) in [6.07, 6.45) is 0. The van der Waals surface area contributed by atoms with E-state index in [1.165, 1.54) is 0 Å². The summed E-state index contributed by atoms with van der Waals surface area (Å²) in [5, 5.41) is 3.56. The van der Waals surface area contributed by atoms with Crippen molar-refractivity contribution in [1.29, 1.82) is 0 Å². The summed E-state index contributed by atoms with van der Waals surface area (Å²) in [5.74, 6) is 1.31. The first kappa shape index (κ1) is 19.8. The Morgan fingerprint density at radius 3 is 2.10 bits per heavy atom. The van der Waals surface area contributed by atoms with Gasteiger partial charge in [-0.3, -0.25) is 4.90 Å². The van der Waals surface area contributed by atoms with Crippen molar-refractivity contribution in [3.05, 3.63) is 0 Å². The van der Waals surface area contributed by atoms with E-state index in [0.29, 0.717) is 23.9 Å². The van der Waals surface area contributed by atoms with Crippen LogP contribution in [0.3, 0.4) is 0 Å². The summed E-state index contributed by atoms with van der Waals surface area (Å²) in [5.41, 5.74) is 0. The smallest absolute Gasteiger partial charge is 0.0615 e. The van der Waals surface area contributed by atoms with Crippen LogP contribution in [0.4, 0.5) is 0 Å². The van der Waals surface area contributed by atoms with Crippen molar-refractivity contribution < 1.29 is 9.47 Å². The van der Waals surface area contributed by atoms with Crippen LogP contribution >= 0.6 is 0 Å². The van der Waals surface area contributed by atoms with Crippen LogP contribution in [0.2, 0.25) is 0 Å². The van der Waals surface area contributed by atoms with Crippen molar-refractivity contribution in [3.63, 3.8) is 0 Å². The Balaban J connectivity index is 4.38. The molecule has 0 saturated heterocycles. The van der Waals surface area contributed by atoms with Crippen LogP contribution in [0.5, 0.6) is 0 Å². The van der Waals surface area contributed by atoms with Crippen LogP contribution < -0.4 is 5.32 Å². The Morgan fingerprint density at radius 2 is 1.60 bits per heavy atom. The molecule has 0 aromatic carbocycles. The topological polar surface area (TPSA) is 33.7 Å². The molecular formula is C16H36N2O2. The number of methoxy groups -OCH3 is 2. The van der Waals surface area contributed by atoms with Crippen LogP contribution in [0.1, 0.15) is 34.6 Å². The van der Waals surface area contributed by atoms with E-state index in [4.69, 9.17) is 9.47 Å². The van der Waals surface area contributed by atoms with Gasteiger partial charge in [-0.25, -0.2) is 0 Å². The molecule has 0 aromatic rings. The molecule has 4 heteroatoms. The Kier molecular flexibility index (Phi) is 11.4. The van der Waals surface area contributed by atoms with Gasteiger partial charge in [-0.2, -0.15) is 0 Å². The highest BCUT2D eigenvalue weighted by Gasteiger charge is 2.24. The van der Waals surface area contributed by atoms with Gasteiger partial charge in [0, 0.05) is 32.8 Å². The molecule has 4 nitrogen and oxygen atoms in total. The van der Waals surface area contributed by atoms with Crippen molar-refractivity contribution in [3.8, 4) is 0 Å².